The monoisotopic (exact) mass is 579 g/mol. The highest BCUT2D eigenvalue weighted by Gasteiger charge is 2.30. The molecule has 9 heteroatoms. The Balaban J connectivity index is 1.53. The number of hydrogen-bond acceptors (Lipinski definition) is 4. The largest absolute Gasteiger partial charge is 0.351 e. The van der Waals surface area contributed by atoms with Crippen LogP contribution in [0, 0.1) is 0 Å². The van der Waals surface area contributed by atoms with Crippen LogP contribution in [0.15, 0.2) is 96.4 Å². The average Bonchev–Trinajstić information content (AvgIpc) is 3.77. The lowest BCUT2D eigenvalue weighted by atomic mass is 10.0. The Hall–Kier alpha value is -3.46. The van der Waals surface area contributed by atoms with Gasteiger partial charge in [0.15, 0.2) is 0 Å². The minimum absolute atomic E-state index is 0.0291. The number of halogens is 1. The van der Waals surface area contributed by atoms with E-state index in [2.05, 4.69) is 16.6 Å². The number of sulfonamides is 1. The van der Waals surface area contributed by atoms with Crippen LogP contribution in [-0.4, -0.2) is 43.8 Å². The molecule has 0 aliphatic heterocycles. The summed E-state index contributed by atoms with van der Waals surface area (Å²) in [6.07, 6.45) is 4.24. The number of benzene rings is 3. The fraction of sp³-hybridized carbons (Fsp3) is 0.290. The molecule has 210 valence electrons. The molecule has 0 bridgehead atoms. The van der Waals surface area contributed by atoms with E-state index >= 15 is 0 Å². The van der Waals surface area contributed by atoms with Crippen molar-refractivity contribution in [2.24, 2.45) is 0 Å². The second kappa shape index (κ2) is 13.7. The van der Waals surface area contributed by atoms with Gasteiger partial charge in [-0.05, 0) is 60.2 Å². The van der Waals surface area contributed by atoms with Crippen LogP contribution >= 0.6 is 11.6 Å². The fourth-order valence-electron chi connectivity index (χ4n) is 4.35. The lowest BCUT2D eigenvalue weighted by Crippen LogP contribution is -2.50. The maximum absolute atomic E-state index is 13.7. The predicted molar refractivity (Wildman–Crippen MR) is 157 cm³/mol. The zero-order chi connectivity index (χ0) is 28.5. The minimum Gasteiger partial charge on any atom is -0.351 e. The molecule has 1 aliphatic rings. The first kappa shape index (κ1) is 29.5. The summed E-state index contributed by atoms with van der Waals surface area (Å²) in [5, 5.41) is 3.45. The lowest BCUT2D eigenvalue weighted by Gasteiger charge is -2.31. The summed E-state index contributed by atoms with van der Waals surface area (Å²) in [5.74, 6) is -0.444. The molecule has 0 aromatic heterocycles. The number of nitrogens with one attached hydrogen (secondary N) is 2. The molecule has 0 heterocycles. The van der Waals surface area contributed by atoms with Gasteiger partial charge in [-0.25, -0.2) is 13.1 Å². The van der Waals surface area contributed by atoms with E-state index in [1.54, 1.807) is 47.4 Å². The van der Waals surface area contributed by atoms with E-state index in [-0.39, 0.29) is 42.3 Å². The first-order valence-corrected chi connectivity index (χ1v) is 15.2. The Kier molecular flexibility index (Phi) is 10.1. The SMILES string of the molecule is C=CCNC(=O)[C@H](Cc1ccccc1)N(Cc1ccc(Cl)cc1)C(=O)CCc1ccc(S(=O)(=O)NC2CC2)cc1. The molecule has 2 N–H and O–H groups in total. The third-order valence-corrected chi connectivity index (χ3v) is 8.51. The van der Waals surface area contributed by atoms with Crippen molar-refractivity contribution >= 4 is 33.4 Å². The summed E-state index contributed by atoms with van der Waals surface area (Å²) >= 11 is 6.08. The van der Waals surface area contributed by atoms with Crippen LogP contribution in [-0.2, 0) is 39.0 Å². The van der Waals surface area contributed by atoms with Crippen molar-refractivity contribution in [1.82, 2.24) is 14.9 Å². The topological polar surface area (TPSA) is 95.6 Å². The van der Waals surface area contributed by atoms with Gasteiger partial charge in [0, 0.05) is 37.0 Å². The molecule has 1 atom stereocenters. The van der Waals surface area contributed by atoms with Gasteiger partial charge >= 0.3 is 0 Å². The van der Waals surface area contributed by atoms with E-state index in [1.165, 1.54) is 0 Å². The van der Waals surface area contributed by atoms with Crippen LogP contribution in [0.5, 0.6) is 0 Å². The normalized spacial score (nSPS) is 13.8. The van der Waals surface area contributed by atoms with Gasteiger partial charge in [-0.1, -0.05) is 72.3 Å². The molecule has 7 nitrogen and oxygen atoms in total. The number of amides is 2. The molecule has 3 aromatic carbocycles. The highest BCUT2D eigenvalue weighted by molar-refractivity contribution is 7.89. The Morgan fingerprint density at radius 3 is 2.23 bits per heavy atom. The second-order valence-corrected chi connectivity index (χ2v) is 12.1. The van der Waals surface area contributed by atoms with Crippen molar-refractivity contribution in [2.75, 3.05) is 6.54 Å². The van der Waals surface area contributed by atoms with Gasteiger partial charge in [-0.2, -0.15) is 0 Å². The number of carbonyl (C=O) groups excluding carboxylic acids is 2. The molecule has 1 saturated carbocycles. The number of hydrogen-bond donors (Lipinski definition) is 2. The van der Waals surface area contributed by atoms with E-state index in [0.29, 0.717) is 17.9 Å². The average molecular weight is 580 g/mol. The number of aryl methyl sites for hydroxylation is 1. The number of nitrogens with zero attached hydrogens (tertiary/aromatic N) is 1. The molecule has 40 heavy (non-hydrogen) atoms. The van der Waals surface area contributed by atoms with Gasteiger partial charge < -0.3 is 10.2 Å². The molecular weight excluding hydrogens is 546 g/mol. The maximum atomic E-state index is 13.7. The van der Waals surface area contributed by atoms with Crippen LogP contribution in [0.1, 0.15) is 36.0 Å². The molecule has 1 fully saturated rings. The first-order chi connectivity index (χ1) is 19.2. The molecule has 2 amide bonds. The minimum atomic E-state index is -3.54. The van der Waals surface area contributed by atoms with Crippen molar-refractivity contribution in [1.29, 1.82) is 0 Å². The van der Waals surface area contributed by atoms with Crippen LogP contribution in [0.2, 0.25) is 5.02 Å². The fourth-order valence-corrected chi connectivity index (χ4v) is 5.78. The van der Waals surface area contributed by atoms with E-state index < -0.39 is 16.1 Å². The van der Waals surface area contributed by atoms with Crippen LogP contribution in [0.25, 0.3) is 0 Å². The van der Waals surface area contributed by atoms with E-state index in [4.69, 9.17) is 11.6 Å². The van der Waals surface area contributed by atoms with Crippen molar-refractivity contribution in [3.05, 3.63) is 113 Å². The summed E-state index contributed by atoms with van der Waals surface area (Å²) in [4.78, 5) is 28.9. The molecule has 0 radical (unpaired) electrons. The predicted octanol–water partition coefficient (Wildman–Crippen LogP) is 4.66. The smallest absolute Gasteiger partial charge is 0.243 e. The first-order valence-electron chi connectivity index (χ1n) is 13.3. The molecule has 0 saturated heterocycles. The van der Waals surface area contributed by atoms with Crippen LogP contribution in [0.3, 0.4) is 0 Å². The van der Waals surface area contributed by atoms with Gasteiger partial charge in [0.05, 0.1) is 4.90 Å². The Bertz CT molecular complexity index is 1410. The highest BCUT2D eigenvalue weighted by atomic mass is 35.5. The molecular formula is C31H34ClN3O4S. The second-order valence-electron chi connectivity index (χ2n) is 9.93. The third-order valence-electron chi connectivity index (χ3n) is 6.72. The number of carbonyl (C=O) groups is 2. The van der Waals surface area contributed by atoms with Gasteiger partial charge in [-0.3, -0.25) is 9.59 Å². The van der Waals surface area contributed by atoms with E-state index in [9.17, 15) is 18.0 Å². The summed E-state index contributed by atoms with van der Waals surface area (Å²) in [7, 11) is -3.54. The van der Waals surface area contributed by atoms with Crippen LogP contribution in [0.4, 0.5) is 0 Å². The quantitative estimate of drug-likeness (QED) is 0.272. The molecule has 0 unspecified atom stereocenters. The third kappa shape index (κ3) is 8.52. The summed E-state index contributed by atoms with van der Waals surface area (Å²) in [6.45, 7) is 4.21. The van der Waals surface area contributed by atoms with Gasteiger partial charge in [0.25, 0.3) is 0 Å². The Morgan fingerprint density at radius 2 is 1.60 bits per heavy atom. The summed E-state index contributed by atoms with van der Waals surface area (Å²) in [5.41, 5.74) is 2.62. The van der Waals surface area contributed by atoms with E-state index in [1.807, 2.05) is 42.5 Å². The molecule has 3 aromatic rings. The van der Waals surface area contributed by atoms with Gasteiger partial charge in [0.2, 0.25) is 21.8 Å². The Morgan fingerprint density at radius 1 is 0.950 bits per heavy atom. The van der Waals surface area contributed by atoms with Gasteiger partial charge in [-0.15, -0.1) is 6.58 Å². The summed E-state index contributed by atoms with van der Waals surface area (Å²) < 4.78 is 27.6. The lowest BCUT2D eigenvalue weighted by molar-refractivity contribution is -0.141. The Labute approximate surface area is 241 Å². The molecule has 1 aliphatic carbocycles. The molecule has 4 rings (SSSR count). The van der Waals surface area contributed by atoms with Crippen LogP contribution < -0.4 is 10.0 Å². The number of rotatable bonds is 14. The standard InChI is InChI=1S/C31H34ClN3O4S/c1-2-20-33-31(37)29(21-24-6-4-3-5-7-24)35(22-25-8-13-26(32)14-9-25)30(36)19-12-23-10-17-28(18-11-23)40(38,39)34-27-15-16-27/h2-11,13-14,17-18,27,29,34H,1,12,15-16,19-22H2,(H,33,37)/t29-/m0/s1. The molecule has 0 spiro atoms. The van der Waals surface area contributed by atoms with Crippen molar-refractivity contribution in [3.63, 3.8) is 0 Å². The van der Waals surface area contributed by atoms with Gasteiger partial charge in [0.1, 0.15) is 6.04 Å². The van der Waals surface area contributed by atoms with Crippen molar-refractivity contribution < 1.29 is 18.0 Å². The maximum Gasteiger partial charge on any atom is 0.243 e. The zero-order valence-corrected chi connectivity index (χ0v) is 23.8. The zero-order valence-electron chi connectivity index (χ0n) is 22.3. The highest BCUT2D eigenvalue weighted by Crippen LogP contribution is 2.23. The summed E-state index contributed by atoms with van der Waals surface area (Å²) in [6, 6.07) is 22.7. The van der Waals surface area contributed by atoms with Crippen molar-refractivity contribution in [2.45, 2.75) is 55.6 Å². The van der Waals surface area contributed by atoms with Crippen molar-refractivity contribution in [3.8, 4) is 0 Å². The van der Waals surface area contributed by atoms with E-state index in [0.717, 1.165) is 29.5 Å².